The molecule has 0 aromatic heterocycles. The van der Waals surface area contributed by atoms with Crippen molar-refractivity contribution in [3.05, 3.63) is 59.2 Å². The molecule has 2 fully saturated rings. The van der Waals surface area contributed by atoms with Gasteiger partial charge in [-0.3, -0.25) is 14.5 Å². The predicted molar refractivity (Wildman–Crippen MR) is 133 cm³/mol. The number of likely N-dealkylation sites (tertiary alicyclic amines) is 1. The molecular weight excluding hydrogens is 464 g/mol. The molecule has 2 saturated heterocycles. The van der Waals surface area contributed by atoms with Crippen LogP contribution in [0, 0.1) is 0 Å². The molecule has 2 aromatic rings. The van der Waals surface area contributed by atoms with E-state index in [9.17, 15) is 14.7 Å². The van der Waals surface area contributed by atoms with Gasteiger partial charge in [-0.2, -0.15) is 0 Å². The summed E-state index contributed by atoms with van der Waals surface area (Å²) in [5, 5.41) is 11.3. The molecule has 2 aliphatic rings. The average Bonchev–Trinajstić information content (AvgIpc) is 3.17. The first-order valence-corrected chi connectivity index (χ1v) is 11.9. The number of aliphatic hydroxyl groups is 1. The van der Waals surface area contributed by atoms with Gasteiger partial charge in [-0.1, -0.05) is 18.2 Å². The fourth-order valence-corrected chi connectivity index (χ4v) is 4.75. The van der Waals surface area contributed by atoms with E-state index < -0.39 is 17.7 Å². The SMILES string of the molecule is COc1ccc(C2/C(=C(\O)c3ccccc3OC)C(=O)C(=O)N2CCCN2CCOCC2)cc1OC. The summed E-state index contributed by atoms with van der Waals surface area (Å²) >= 11 is 0. The number of rotatable bonds is 9. The van der Waals surface area contributed by atoms with Crippen molar-refractivity contribution in [2.24, 2.45) is 0 Å². The number of Topliss-reactive ketones (excluding diaryl/α,β-unsaturated/α-hetero) is 1. The number of carbonyl (C=O) groups is 2. The maximum Gasteiger partial charge on any atom is 0.295 e. The first-order chi connectivity index (χ1) is 17.5. The minimum atomic E-state index is -0.792. The van der Waals surface area contributed by atoms with Gasteiger partial charge >= 0.3 is 0 Å². The van der Waals surface area contributed by atoms with E-state index in [1.807, 2.05) is 0 Å². The molecule has 36 heavy (non-hydrogen) atoms. The van der Waals surface area contributed by atoms with Crippen molar-refractivity contribution in [1.82, 2.24) is 9.80 Å². The molecule has 9 nitrogen and oxygen atoms in total. The number of aliphatic hydroxyl groups excluding tert-OH is 1. The summed E-state index contributed by atoms with van der Waals surface area (Å²) in [4.78, 5) is 30.4. The highest BCUT2D eigenvalue weighted by molar-refractivity contribution is 6.46. The molecule has 1 N–H and O–H groups in total. The molecule has 0 spiro atoms. The third-order valence-corrected chi connectivity index (χ3v) is 6.60. The quantitative estimate of drug-likeness (QED) is 0.322. The number of nitrogens with zero attached hydrogens (tertiary/aromatic N) is 2. The van der Waals surface area contributed by atoms with Gasteiger partial charge in [-0.15, -0.1) is 0 Å². The Balaban J connectivity index is 1.75. The second kappa shape index (κ2) is 11.5. The van der Waals surface area contributed by atoms with Gasteiger partial charge in [0.2, 0.25) is 0 Å². The standard InChI is InChI=1S/C27H32N2O7/c1-33-20-8-5-4-7-19(20)25(30)23-24(18-9-10-21(34-2)22(17-18)35-3)29(27(32)26(23)31)12-6-11-28-13-15-36-16-14-28/h4-5,7-10,17,24,30H,6,11-16H2,1-3H3/b25-23+. The lowest BCUT2D eigenvalue weighted by atomic mass is 9.94. The molecule has 2 aromatic carbocycles. The number of ketones is 1. The normalized spacial score (nSPS) is 20.0. The van der Waals surface area contributed by atoms with E-state index in [4.69, 9.17) is 18.9 Å². The number of hydrogen-bond donors (Lipinski definition) is 1. The van der Waals surface area contributed by atoms with E-state index in [-0.39, 0.29) is 11.3 Å². The maximum absolute atomic E-state index is 13.3. The van der Waals surface area contributed by atoms with Crippen molar-refractivity contribution in [2.75, 3.05) is 60.7 Å². The Labute approximate surface area is 210 Å². The van der Waals surface area contributed by atoms with Gasteiger partial charge in [0.15, 0.2) is 11.5 Å². The molecule has 2 heterocycles. The van der Waals surface area contributed by atoms with Crippen LogP contribution >= 0.6 is 0 Å². The zero-order valence-corrected chi connectivity index (χ0v) is 20.9. The molecule has 0 saturated carbocycles. The number of amides is 1. The van der Waals surface area contributed by atoms with Crippen LogP contribution in [0.2, 0.25) is 0 Å². The number of methoxy groups -OCH3 is 3. The molecule has 192 valence electrons. The summed E-state index contributed by atoms with van der Waals surface area (Å²) in [6, 6.07) is 11.3. The molecule has 2 aliphatic heterocycles. The Hall–Kier alpha value is -3.56. The summed E-state index contributed by atoms with van der Waals surface area (Å²) in [5.74, 6) is -0.264. The van der Waals surface area contributed by atoms with E-state index in [0.29, 0.717) is 54.6 Å². The van der Waals surface area contributed by atoms with Crippen molar-refractivity contribution in [1.29, 1.82) is 0 Å². The molecular formula is C27H32N2O7. The topological polar surface area (TPSA) is 97.8 Å². The minimum absolute atomic E-state index is 0.0168. The molecule has 0 radical (unpaired) electrons. The van der Waals surface area contributed by atoms with Crippen LogP contribution in [-0.2, 0) is 14.3 Å². The Kier molecular flexibility index (Phi) is 8.12. The molecule has 1 atom stereocenters. The average molecular weight is 497 g/mol. The van der Waals surface area contributed by atoms with Crippen molar-refractivity contribution >= 4 is 17.4 Å². The Morgan fingerprint density at radius 3 is 2.33 bits per heavy atom. The van der Waals surface area contributed by atoms with Gasteiger partial charge in [0.25, 0.3) is 11.7 Å². The lowest BCUT2D eigenvalue weighted by molar-refractivity contribution is -0.140. The van der Waals surface area contributed by atoms with Crippen LogP contribution < -0.4 is 14.2 Å². The third kappa shape index (κ3) is 5.03. The number of hydrogen-bond acceptors (Lipinski definition) is 8. The molecule has 9 heteroatoms. The second-order valence-electron chi connectivity index (χ2n) is 8.61. The second-order valence-corrected chi connectivity index (χ2v) is 8.61. The van der Waals surface area contributed by atoms with E-state index in [1.54, 1.807) is 42.5 Å². The number of benzene rings is 2. The largest absolute Gasteiger partial charge is 0.507 e. The lowest BCUT2D eigenvalue weighted by Gasteiger charge is -2.29. The van der Waals surface area contributed by atoms with E-state index in [1.165, 1.54) is 26.2 Å². The fourth-order valence-electron chi connectivity index (χ4n) is 4.75. The Bertz CT molecular complexity index is 1140. The van der Waals surface area contributed by atoms with Crippen LogP contribution in [0.4, 0.5) is 0 Å². The summed E-state index contributed by atoms with van der Waals surface area (Å²) in [7, 11) is 4.55. The highest BCUT2D eigenvalue weighted by atomic mass is 16.5. The number of ether oxygens (including phenoxy) is 4. The zero-order chi connectivity index (χ0) is 25.7. The van der Waals surface area contributed by atoms with Crippen LogP contribution in [0.5, 0.6) is 17.2 Å². The van der Waals surface area contributed by atoms with Gasteiger partial charge in [0.1, 0.15) is 11.5 Å². The van der Waals surface area contributed by atoms with Crippen molar-refractivity contribution in [2.45, 2.75) is 12.5 Å². The lowest BCUT2D eigenvalue weighted by Crippen LogP contribution is -2.39. The van der Waals surface area contributed by atoms with Crippen molar-refractivity contribution < 1.29 is 33.6 Å². The van der Waals surface area contributed by atoms with Crippen LogP contribution in [0.25, 0.3) is 5.76 Å². The van der Waals surface area contributed by atoms with Gasteiger partial charge in [-0.25, -0.2) is 0 Å². The Morgan fingerprint density at radius 1 is 0.944 bits per heavy atom. The van der Waals surface area contributed by atoms with E-state index >= 15 is 0 Å². The summed E-state index contributed by atoms with van der Waals surface area (Å²) in [6.45, 7) is 4.18. The molecule has 1 unspecified atom stereocenters. The van der Waals surface area contributed by atoms with Gasteiger partial charge in [0.05, 0.1) is 51.7 Å². The van der Waals surface area contributed by atoms with Crippen LogP contribution in [0.3, 0.4) is 0 Å². The monoisotopic (exact) mass is 496 g/mol. The number of carbonyl (C=O) groups excluding carboxylic acids is 2. The van der Waals surface area contributed by atoms with Crippen LogP contribution in [-0.4, -0.2) is 87.3 Å². The molecule has 4 rings (SSSR count). The first kappa shape index (κ1) is 25.5. The minimum Gasteiger partial charge on any atom is -0.507 e. The number of morpholine rings is 1. The van der Waals surface area contributed by atoms with E-state index in [0.717, 1.165) is 19.6 Å². The maximum atomic E-state index is 13.3. The van der Waals surface area contributed by atoms with Crippen LogP contribution in [0.1, 0.15) is 23.6 Å². The first-order valence-electron chi connectivity index (χ1n) is 11.9. The zero-order valence-electron chi connectivity index (χ0n) is 20.9. The highest BCUT2D eigenvalue weighted by Gasteiger charge is 2.46. The summed E-state index contributed by atoms with van der Waals surface area (Å²) < 4.78 is 21.6. The van der Waals surface area contributed by atoms with Gasteiger partial charge < -0.3 is 29.0 Å². The predicted octanol–water partition coefficient (Wildman–Crippen LogP) is 2.86. The molecule has 1 amide bonds. The molecule has 0 bridgehead atoms. The summed E-state index contributed by atoms with van der Waals surface area (Å²) in [6.07, 6.45) is 0.672. The highest BCUT2D eigenvalue weighted by Crippen LogP contribution is 2.43. The van der Waals surface area contributed by atoms with Crippen molar-refractivity contribution in [3.8, 4) is 17.2 Å². The fraction of sp³-hybridized carbons (Fsp3) is 0.407. The van der Waals surface area contributed by atoms with Crippen molar-refractivity contribution in [3.63, 3.8) is 0 Å². The van der Waals surface area contributed by atoms with E-state index in [2.05, 4.69) is 4.90 Å². The molecule has 0 aliphatic carbocycles. The third-order valence-electron chi connectivity index (χ3n) is 6.60. The Morgan fingerprint density at radius 2 is 1.64 bits per heavy atom. The number of para-hydroxylation sites is 1. The smallest absolute Gasteiger partial charge is 0.295 e. The summed E-state index contributed by atoms with van der Waals surface area (Å²) in [5.41, 5.74) is 0.995. The van der Waals surface area contributed by atoms with Crippen LogP contribution in [0.15, 0.2) is 48.0 Å². The van der Waals surface area contributed by atoms with Gasteiger partial charge in [0, 0.05) is 26.2 Å². The van der Waals surface area contributed by atoms with Gasteiger partial charge in [-0.05, 0) is 36.2 Å².